The van der Waals surface area contributed by atoms with Gasteiger partial charge < -0.3 is 14.2 Å². The van der Waals surface area contributed by atoms with E-state index in [2.05, 4.69) is 0 Å². The Labute approximate surface area is 210 Å². The molecule has 9 heteroatoms. The van der Waals surface area contributed by atoms with Gasteiger partial charge in [-0.3, -0.25) is 14.4 Å². The van der Waals surface area contributed by atoms with Gasteiger partial charge in [-0.05, 0) is 37.2 Å². The number of hydrogen-bond acceptors (Lipinski definition) is 7. The summed E-state index contributed by atoms with van der Waals surface area (Å²) in [5, 5.41) is 0. The zero-order chi connectivity index (χ0) is 26.8. The number of ether oxygens (including phenoxy) is 3. The van der Waals surface area contributed by atoms with Gasteiger partial charge in [0.25, 0.3) is 5.92 Å². The van der Waals surface area contributed by atoms with Crippen LogP contribution in [0.3, 0.4) is 0 Å². The van der Waals surface area contributed by atoms with Crippen molar-refractivity contribution in [2.45, 2.75) is 90.8 Å². The van der Waals surface area contributed by atoms with Crippen LogP contribution >= 0.6 is 0 Å². The van der Waals surface area contributed by atoms with Gasteiger partial charge in [0, 0.05) is 54.4 Å². The van der Waals surface area contributed by atoms with Crippen LogP contribution in [-0.2, 0) is 33.4 Å². The number of halogens is 2. The molecule has 0 saturated heterocycles. The number of ketones is 1. The maximum Gasteiger partial charge on any atom is 0.351 e. The third kappa shape index (κ3) is 3.55. The molecule has 36 heavy (non-hydrogen) atoms. The van der Waals surface area contributed by atoms with Gasteiger partial charge in [0.2, 0.25) is 5.60 Å². The number of hydrogen-bond donors (Lipinski definition) is 0. The molecule has 8 atom stereocenters. The molecule has 4 aliphatic carbocycles. The fourth-order valence-electron chi connectivity index (χ4n) is 8.43. The van der Waals surface area contributed by atoms with Gasteiger partial charge in [-0.1, -0.05) is 27.7 Å². The van der Waals surface area contributed by atoms with Crippen LogP contribution in [0.5, 0.6) is 0 Å². The molecule has 0 bridgehead atoms. The van der Waals surface area contributed by atoms with E-state index in [0.29, 0.717) is 6.42 Å². The van der Waals surface area contributed by atoms with Crippen LogP contribution in [0, 0.1) is 34.5 Å². The highest BCUT2D eigenvalue weighted by molar-refractivity contribution is 5.92. The lowest BCUT2D eigenvalue weighted by atomic mass is 9.44. The highest BCUT2D eigenvalue weighted by Crippen LogP contribution is 2.71. The smallest absolute Gasteiger partial charge is 0.351 e. The minimum absolute atomic E-state index is 0.0317. The molecule has 0 aromatic carbocycles. The average Bonchev–Trinajstić information content (AvgIpc) is 3.00. The molecule has 0 N–H and O–H groups in total. The normalized spacial score (nSPS) is 42.8. The maximum absolute atomic E-state index is 15.8. The molecule has 4 aliphatic rings. The number of rotatable bonds is 4. The van der Waals surface area contributed by atoms with E-state index in [9.17, 15) is 19.2 Å². The summed E-state index contributed by atoms with van der Waals surface area (Å²) in [7, 11) is 1.22. The van der Waals surface area contributed by atoms with E-state index < -0.39 is 76.5 Å². The lowest BCUT2D eigenvalue weighted by Gasteiger charge is -2.62. The van der Waals surface area contributed by atoms with Crippen molar-refractivity contribution < 1.29 is 42.2 Å². The lowest BCUT2D eigenvalue weighted by Crippen LogP contribution is -2.66. The first-order valence-electron chi connectivity index (χ1n) is 12.8. The van der Waals surface area contributed by atoms with Gasteiger partial charge in [0.05, 0.1) is 7.11 Å². The summed E-state index contributed by atoms with van der Waals surface area (Å²) in [5.74, 6) is -7.44. The summed E-state index contributed by atoms with van der Waals surface area (Å²) in [6, 6.07) is 0. The molecule has 0 aromatic rings. The van der Waals surface area contributed by atoms with Crippen LogP contribution in [0.4, 0.5) is 8.78 Å². The van der Waals surface area contributed by atoms with Gasteiger partial charge >= 0.3 is 17.9 Å². The fourth-order valence-corrected chi connectivity index (χ4v) is 8.43. The maximum atomic E-state index is 15.8. The minimum Gasteiger partial charge on any atom is -0.466 e. The lowest BCUT2D eigenvalue weighted by molar-refractivity contribution is -0.229. The molecule has 3 saturated carbocycles. The summed E-state index contributed by atoms with van der Waals surface area (Å²) in [5.41, 5.74) is -4.04. The summed E-state index contributed by atoms with van der Waals surface area (Å²) in [4.78, 5) is 50.4. The van der Waals surface area contributed by atoms with Gasteiger partial charge in [0.15, 0.2) is 5.78 Å². The second kappa shape index (κ2) is 8.62. The Morgan fingerprint density at radius 2 is 1.83 bits per heavy atom. The number of esters is 3. The first-order chi connectivity index (χ1) is 16.7. The van der Waals surface area contributed by atoms with E-state index in [1.807, 2.05) is 0 Å². The van der Waals surface area contributed by atoms with E-state index in [-0.39, 0.29) is 37.0 Å². The topological polar surface area (TPSA) is 96.0 Å². The summed E-state index contributed by atoms with van der Waals surface area (Å²) < 4.78 is 48.5. The Morgan fingerprint density at radius 1 is 1.17 bits per heavy atom. The molecule has 0 heterocycles. The molecule has 0 aliphatic heterocycles. The van der Waals surface area contributed by atoms with Gasteiger partial charge in [-0.25, -0.2) is 13.6 Å². The molecule has 0 amide bonds. The Hall–Kier alpha value is -2.32. The van der Waals surface area contributed by atoms with Crippen molar-refractivity contribution >= 4 is 23.7 Å². The monoisotopic (exact) mass is 510 g/mol. The largest absolute Gasteiger partial charge is 0.466 e. The SMILES string of the molecule is CCC(=O)OC1(C(=O)OC)C(C)C[C@H]2[C@@H]3CC(F)(F)C4=CC(=O)CC[C@]4(C)[C@@H]3C(OC(C)=O)C[C@@]21C. The molecule has 4 rings (SSSR count). The first-order valence-corrected chi connectivity index (χ1v) is 12.8. The summed E-state index contributed by atoms with van der Waals surface area (Å²) in [6.45, 7) is 8.20. The molecule has 7 nitrogen and oxygen atoms in total. The van der Waals surface area contributed by atoms with E-state index >= 15 is 8.78 Å². The Balaban J connectivity index is 1.92. The molecule has 0 aromatic heterocycles. The number of fused-ring (bicyclic) bond motifs is 5. The van der Waals surface area contributed by atoms with Crippen LogP contribution in [0.25, 0.3) is 0 Å². The van der Waals surface area contributed by atoms with Crippen LogP contribution in [0.2, 0.25) is 0 Å². The fraction of sp³-hybridized carbons (Fsp3) is 0.778. The Kier molecular flexibility index (Phi) is 6.40. The molecular weight excluding hydrogens is 474 g/mol. The van der Waals surface area contributed by atoms with Crippen molar-refractivity contribution in [3.8, 4) is 0 Å². The molecule has 0 spiro atoms. The average molecular weight is 511 g/mol. The predicted octanol–water partition coefficient (Wildman–Crippen LogP) is 4.42. The first kappa shape index (κ1) is 26.7. The zero-order valence-corrected chi connectivity index (χ0v) is 21.8. The Bertz CT molecular complexity index is 1020. The number of allylic oxidation sites excluding steroid dienone is 1. The standard InChI is InChI=1S/C27H36F2O7/c1-7-21(32)36-27(23(33)34-6)14(2)10-18-17-12-26(28,29)20-11-16(31)8-9-24(20,4)22(17)19(35-15(3)30)13-25(18,27)5/h11,14,17-19,22H,7-10,12-13H2,1-6H3/t14?,17-,18-,19?,22-,24-,25-,27?/m0/s1. The van der Waals surface area contributed by atoms with Crippen molar-refractivity contribution in [3.05, 3.63) is 11.6 Å². The minimum atomic E-state index is -3.23. The van der Waals surface area contributed by atoms with E-state index in [1.165, 1.54) is 14.0 Å². The van der Waals surface area contributed by atoms with Crippen LogP contribution in [-0.4, -0.2) is 48.4 Å². The number of carbonyl (C=O) groups is 4. The second-order valence-electron chi connectivity index (χ2n) is 11.6. The van der Waals surface area contributed by atoms with Crippen molar-refractivity contribution in [2.24, 2.45) is 34.5 Å². The van der Waals surface area contributed by atoms with E-state index in [1.54, 1.807) is 27.7 Å². The second-order valence-corrected chi connectivity index (χ2v) is 11.6. The van der Waals surface area contributed by atoms with Gasteiger partial charge in [0.1, 0.15) is 6.10 Å². The predicted molar refractivity (Wildman–Crippen MR) is 124 cm³/mol. The summed E-state index contributed by atoms with van der Waals surface area (Å²) in [6.07, 6.45) is 0.694. The number of methoxy groups -OCH3 is 1. The van der Waals surface area contributed by atoms with Crippen molar-refractivity contribution in [2.75, 3.05) is 7.11 Å². The van der Waals surface area contributed by atoms with Crippen LogP contribution in [0.15, 0.2) is 11.6 Å². The third-order valence-corrected chi connectivity index (χ3v) is 9.77. The van der Waals surface area contributed by atoms with E-state index in [0.717, 1.165) is 6.08 Å². The van der Waals surface area contributed by atoms with Crippen LogP contribution in [0.1, 0.15) is 73.1 Å². The van der Waals surface area contributed by atoms with Crippen molar-refractivity contribution in [3.63, 3.8) is 0 Å². The quantitative estimate of drug-likeness (QED) is 0.408. The number of carbonyl (C=O) groups excluding carboxylic acids is 4. The molecular formula is C27H36F2O7. The van der Waals surface area contributed by atoms with Crippen molar-refractivity contribution in [1.29, 1.82) is 0 Å². The molecule has 0 radical (unpaired) electrons. The molecule has 200 valence electrons. The third-order valence-electron chi connectivity index (χ3n) is 9.77. The van der Waals surface area contributed by atoms with Gasteiger partial charge in [-0.15, -0.1) is 0 Å². The van der Waals surface area contributed by atoms with Gasteiger partial charge in [-0.2, -0.15) is 0 Å². The number of alkyl halides is 2. The van der Waals surface area contributed by atoms with E-state index in [4.69, 9.17) is 14.2 Å². The van der Waals surface area contributed by atoms with Crippen LogP contribution < -0.4 is 0 Å². The zero-order valence-electron chi connectivity index (χ0n) is 21.8. The molecule has 3 unspecified atom stereocenters. The summed E-state index contributed by atoms with van der Waals surface area (Å²) >= 11 is 0. The molecule has 3 fully saturated rings. The van der Waals surface area contributed by atoms with Crippen molar-refractivity contribution in [1.82, 2.24) is 0 Å². The highest BCUT2D eigenvalue weighted by Gasteiger charge is 2.76. The Morgan fingerprint density at radius 3 is 2.42 bits per heavy atom. The highest BCUT2D eigenvalue weighted by atomic mass is 19.3.